The van der Waals surface area contributed by atoms with E-state index in [1.54, 1.807) is 0 Å². The van der Waals surface area contributed by atoms with Crippen molar-refractivity contribution >= 4 is 5.97 Å². The highest BCUT2D eigenvalue weighted by atomic mass is 16.5. The standard InChI is InChI=1S/C15H21NO2/c1-10-5-4-6-13(9-10)11(2)16-14(12-7-8-12)15(17)18-3/h4-6,9,11-12,14,16H,7-8H2,1-3H3/t11-,14?/m1/s1. The second-order valence-electron chi connectivity index (χ2n) is 5.14. The summed E-state index contributed by atoms with van der Waals surface area (Å²) in [4.78, 5) is 11.7. The first kappa shape index (κ1) is 13.1. The molecule has 0 radical (unpaired) electrons. The molecule has 1 fully saturated rings. The van der Waals surface area contributed by atoms with E-state index in [0.29, 0.717) is 5.92 Å². The van der Waals surface area contributed by atoms with Gasteiger partial charge >= 0.3 is 5.97 Å². The van der Waals surface area contributed by atoms with E-state index in [4.69, 9.17) is 4.74 Å². The van der Waals surface area contributed by atoms with Crippen molar-refractivity contribution in [2.75, 3.05) is 7.11 Å². The van der Waals surface area contributed by atoms with Gasteiger partial charge in [-0.1, -0.05) is 29.8 Å². The smallest absolute Gasteiger partial charge is 0.323 e. The van der Waals surface area contributed by atoms with Crippen molar-refractivity contribution < 1.29 is 9.53 Å². The Bertz CT molecular complexity index is 426. The lowest BCUT2D eigenvalue weighted by molar-refractivity contribution is -0.144. The van der Waals surface area contributed by atoms with E-state index < -0.39 is 0 Å². The first-order valence-electron chi connectivity index (χ1n) is 6.52. The molecule has 1 aromatic carbocycles. The molecule has 1 unspecified atom stereocenters. The number of carbonyl (C=O) groups excluding carboxylic acids is 1. The monoisotopic (exact) mass is 247 g/mol. The van der Waals surface area contributed by atoms with E-state index in [2.05, 4.69) is 37.4 Å². The van der Waals surface area contributed by atoms with Gasteiger partial charge < -0.3 is 4.74 Å². The summed E-state index contributed by atoms with van der Waals surface area (Å²) < 4.78 is 4.87. The van der Waals surface area contributed by atoms with Crippen molar-refractivity contribution in [3.05, 3.63) is 35.4 Å². The van der Waals surface area contributed by atoms with Crippen molar-refractivity contribution in [3.63, 3.8) is 0 Å². The van der Waals surface area contributed by atoms with Crippen LogP contribution in [-0.2, 0) is 9.53 Å². The van der Waals surface area contributed by atoms with Crippen LogP contribution in [0.1, 0.15) is 36.9 Å². The zero-order valence-electron chi connectivity index (χ0n) is 11.3. The molecule has 1 saturated carbocycles. The van der Waals surface area contributed by atoms with Crippen LogP contribution in [0.15, 0.2) is 24.3 Å². The summed E-state index contributed by atoms with van der Waals surface area (Å²) in [7, 11) is 1.46. The summed E-state index contributed by atoms with van der Waals surface area (Å²) in [5.74, 6) is 0.307. The van der Waals surface area contributed by atoms with Gasteiger partial charge in [-0.25, -0.2) is 0 Å². The molecule has 0 bridgehead atoms. The largest absolute Gasteiger partial charge is 0.468 e. The quantitative estimate of drug-likeness (QED) is 0.813. The van der Waals surface area contributed by atoms with Crippen LogP contribution in [0.4, 0.5) is 0 Å². The van der Waals surface area contributed by atoms with Gasteiger partial charge in [0.05, 0.1) is 7.11 Å². The molecule has 3 heteroatoms. The number of esters is 1. The van der Waals surface area contributed by atoms with Crippen molar-refractivity contribution in [1.82, 2.24) is 5.32 Å². The van der Waals surface area contributed by atoms with Gasteiger partial charge in [-0.3, -0.25) is 10.1 Å². The Morgan fingerprint density at radius 1 is 1.44 bits per heavy atom. The average molecular weight is 247 g/mol. The number of carbonyl (C=O) groups is 1. The molecule has 98 valence electrons. The number of hydrogen-bond acceptors (Lipinski definition) is 3. The summed E-state index contributed by atoms with van der Waals surface area (Å²) in [6.07, 6.45) is 2.24. The van der Waals surface area contributed by atoms with Crippen LogP contribution in [-0.4, -0.2) is 19.1 Å². The third-order valence-corrected chi connectivity index (χ3v) is 3.52. The molecule has 1 N–H and O–H groups in total. The predicted molar refractivity (Wildman–Crippen MR) is 71.3 cm³/mol. The number of methoxy groups -OCH3 is 1. The third-order valence-electron chi connectivity index (χ3n) is 3.52. The number of rotatable bonds is 5. The van der Waals surface area contributed by atoms with Crippen molar-refractivity contribution in [2.45, 2.75) is 38.8 Å². The third kappa shape index (κ3) is 3.10. The Morgan fingerprint density at radius 2 is 2.17 bits per heavy atom. The van der Waals surface area contributed by atoms with Crippen LogP contribution in [0.25, 0.3) is 0 Å². The first-order valence-corrected chi connectivity index (χ1v) is 6.52. The molecule has 0 aromatic heterocycles. The maximum atomic E-state index is 11.7. The Kier molecular flexibility index (Phi) is 4.02. The Balaban J connectivity index is 2.04. The minimum Gasteiger partial charge on any atom is -0.468 e. The van der Waals surface area contributed by atoms with Gasteiger partial charge in [0.25, 0.3) is 0 Å². The fraction of sp³-hybridized carbons (Fsp3) is 0.533. The van der Waals surface area contributed by atoms with Gasteiger partial charge in [0, 0.05) is 6.04 Å². The summed E-state index contributed by atoms with van der Waals surface area (Å²) in [5, 5.41) is 3.40. The lowest BCUT2D eigenvalue weighted by atomic mass is 10.0. The lowest BCUT2D eigenvalue weighted by Crippen LogP contribution is -2.40. The Labute approximate surface area is 109 Å². The number of aryl methyl sites for hydroxylation is 1. The topological polar surface area (TPSA) is 38.3 Å². The van der Waals surface area contributed by atoms with E-state index in [-0.39, 0.29) is 18.1 Å². The molecule has 0 heterocycles. The molecule has 2 rings (SSSR count). The molecule has 0 amide bonds. The van der Waals surface area contributed by atoms with Crippen LogP contribution in [0.5, 0.6) is 0 Å². The zero-order chi connectivity index (χ0) is 13.1. The predicted octanol–water partition coefficient (Wildman–Crippen LogP) is 2.60. The molecule has 0 spiro atoms. The van der Waals surface area contributed by atoms with Gasteiger partial charge in [0.2, 0.25) is 0 Å². The minimum atomic E-state index is -0.162. The zero-order valence-corrected chi connectivity index (χ0v) is 11.3. The molecule has 0 saturated heterocycles. The van der Waals surface area contributed by atoms with E-state index in [1.807, 2.05) is 6.07 Å². The summed E-state index contributed by atoms with van der Waals surface area (Å²) in [5.41, 5.74) is 2.45. The highest BCUT2D eigenvalue weighted by Crippen LogP contribution is 2.34. The summed E-state index contributed by atoms with van der Waals surface area (Å²) >= 11 is 0. The highest BCUT2D eigenvalue weighted by molar-refractivity contribution is 5.76. The van der Waals surface area contributed by atoms with Crippen LogP contribution in [0.2, 0.25) is 0 Å². The first-order chi connectivity index (χ1) is 8.61. The maximum Gasteiger partial charge on any atom is 0.323 e. The normalized spacial score (nSPS) is 18.2. The van der Waals surface area contributed by atoms with Crippen LogP contribution >= 0.6 is 0 Å². The Morgan fingerprint density at radius 3 is 2.72 bits per heavy atom. The van der Waals surface area contributed by atoms with Crippen molar-refractivity contribution in [1.29, 1.82) is 0 Å². The fourth-order valence-corrected chi connectivity index (χ4v) is 2.26. The van der Waals surface area contributed by atoms with Gasteiger partial charge in [-0.15, -0.1) is 0 Å². The summed E-state index contributed by atoms with van der Waals surface area (Å²) in [6, 6.07) is 8.37. The molecular formula is C15H21NO2. The second-order valence-corrected chi connectivity index (χ2v) is 5.14. The van der Waals surface area contributed by atoms with E-state index in [0.717, 1.165) is 12.8 Å². The van der Waals surface area contributed by atoms with Gasteiger partial charge in [-0.05, 0) is 38.2 Å². The number of ether oxygens (including phenoxy) is 1. The second kappa shape index (κ2) is 5.53. The lowest BCUT2D eigenvalue weighted by Gasteiger charge is -2.21. The maximum absolute atomic E-state index is 11.7. The molecule has 0 aliphatic heterocycles. The van der Waals surface area contributed by atoms with Crippen LogP contribution in [0.3, 0.4) is 0 Å². The Hall–Kier alpha value is -1.35. The molecule has 2 atom stereocenters. The van der Waals surface area contributed by atoms with Gasteiger partial charge in [0.1, 0.15) is 6.04 Å². The van der Waals surface area contributed by atoms with Crippen LogP contribution in [0, 0.1) is 12.8 Å². The fourth-order valence-electron chi connectivity index (χ4n) is 2.26. The van der Waals surface area contributed by atoms with Gasteiger partial charge in [-0.2, -0.15) is 0 Å². The van der Waals surface area contributed by atoms with E-state index >= 15 is 0 Å². The molecule has 1 aromatic rings. The van der Waals surface area contributed by atoms with Crippen molar-refractivity contribution in [3.8, 4) is 0 Å². The number of benzene rings is 1. The average Bonchev–Trinajstić information content (AvgIpc) is 3.19. The van der Waals surface area contributed by atoms with E-state index in [1.165, 1.54) is 18.2 Å². The molecule has 3 nitrogen and oxygen atoms in total. The molecule has 1 aliphatic carbocycles. The molecule has 1 aliphatic rings. The summed E-state index contributed by atoms with van der Waals surface area (Å²) in [6.45, 7) is 4.17. The minimum absolute atomic E-state index is 0.142. The van der Waals surface area contributed by atoms with Gasteiger partial charge in [0.15, 0.2) is 0 Å². The highest BCUT2D eigenvalue weighted by Gasteiger charge is 2.37. The molecular weight excluding hydrogens is 226 g/mol. The SMILES string of the molecule is COC(=O)C(N[C@H](C)c1cccc(C)c1)C1CC1. The number of nitrogens with one attached hydrogen (secondary N) is 1. The van der Waals surface area contributed by atoms with Crippen LogP contribution < -0.4 is 5.32 Å². The molecule has 18 heavy (non-hydrogen) atoms. The number of hydrogen-bond donors (Lipinski definition) is 1. The van der Waals surface area contributed by atoms with Crippen molar-refractivity contribution in [2.24, 2.45) is 5.92 Å². The van der Waals surface area contributed by atoms with E-state index in [9.17, 15) is 4.79 Å².